The summed E-state index contributed by atoms with van der Waals surface area (Å²) >= 11 is 6.05. The Bertz CT molecular complexity index is 1140. The first-order valence-electron chi connectivity index (χ1n) is 11.7. The molecule has 34 heavy (non-hydrogen) atoms. The Morgan fingerprint density at radius 3 is 2.71 bits per heavy atom. The summed E-state index contributed by atoms with van der Waals surface area (Å²) in [5.41, 5.74) is 2.43. The molecule has 1 saturated heterocycles. The van der Waals surface area contributed by atoms with Crippen LogP contribution in [0.1, 0.15) is 20.3 Å². The molecule has 1 aliphatic rings. The fourth-order valence-electron chi connectivity index (χ4n) is 4.22. The van der Waals surface area contributed by atoms with Crippen LogP contribution in [0.2, 0.25) is 5.02 Å². The van der Waals surface area contributed by atoms with Gasteiger partial charge < -0.3 is 19.4 Å². The van der Waals surface area contributed by atoms with E-state index in [0.717, 1.165) is 67.2 Å². The maximum Gasteiger partial charge on any atom is 0.240 e. The number of rotatable bonds is 9. The van der Waals surface area contributed by atoms with Crippen LogP contribution >= 0.6 is 11.6 Å². The number of aromatic nitrogens is 1. The van der Waals surface area contributed by atoms with Crippen molar-refractivity contribution in [3.05, 3.63) is 53.3 Å². The second kappa shape index (κ2) is 11.2. The minimum absolute atomic E-state index is 0.0375. The number of carbonyl (C=O) groups is 1. The zero-order valence-electron chi connectivity index (χ0n) is 19.7. The third kappa shape index (κ3) is 6.09. The Kier molecular flexibility index (Phi) is 8.08. The van der Waals surface area contributed by atoms with Crippen LogP contribution in [0.3, 0.4) is 0 Å². The molecule has 0 radical (unpaired) electrons. The van der Waals surface area contributed by atoms with Gasteiger partial charge in [-0.25, -0.2) is 4.39 Å². The van der Waals surface area contributed by atoms with Gasteiger partial charge in [0, 0.05) is 42.3 Å². The SMILES string of the molecule is CC(C)NC(=O)Cn1c(-c2ccc(F)c(Cl)c2)cc2cc(OCCCN3CCOCC3)ccc21. The van der Waals surface area contributed by atoms with Gasteiger partial charge in [0.1, 0.15) is 18.1 Å². The average Bonchev–Trinajstić information content (AvgIpc) is 3.16. The van der Waals surface area contributed by atoms with Gasteiger partial charge in [0.15, 0.2) is 0 Å². The number of hydrogen-bond acceptors (Lipinski definition) is 4. The first-order valence-corrected chi connectivity index (χ1v) is 12.1. The monoisotopic (exact) mass is 487 g/mol. The second-order valence-corrected chi connectivity index (χ2v) is 9.25. The van der Waals surface area contributed by atoms with Gasteiger partial charge in [0.2, 0.25) is 5.91 Å². The van der Waals surface area contributed by atoms with Crippen LogP contribution in [-0.4, -0.2) is 60.9 Å². The molecule has 2 heterocycles. The van der Waals surface area contributed by atoms with E-state index in [-0.39, 0.29) is 23.5 Å². The highest BCUT2D eigenvalue weighted by Crippen LogP contribution is 2.32. The van der Waals surface area contributed by atoms with Crippen LogP contribution in [0.5, 0.6) is 5.75 Å². The van der Waals surface area contributed by atoms with E-state index in [1.807, 2.05) is 42.7 Å². The van der Waals surface area contributed by atoms with Gasteiger partial charge in [-0.3, -0.25) is 9.69 Å². The van der Waals surface area contributed by atoms with Crippen LogP contribution in [0.4, 0.5) is 4.39 Å². The standard InChI is InChI=1S/C26H31ClFN3O3/c1-18(2)29-26(32)17-31-24-7-5-21(34-11-3-8-30-9-12-33-13-10-30)14-20(24)16-25(31)19-4-6-23(28)22(27)15-19/h4-7,14-16,18H,3,8-13,17H2,1-2H3,(H,29,32). The molecule has 1 amide bonds. The molecule has 1 aromatic heterocycles. The summed E-state index contributed by atoms with van der Waals surface area (Å²) in [5.74, 6) is 0.214. The molecule has 0 atom stereocenters. The number of ether oxygens (including phenoxy) is 2. The Labute approximate surface area is 204 Å². The van der Waals surface area contributed by atoms with Crippen molar-refractivity contribution in [2.24, 2.45) is 0 Å². The molecular weight excluding hydrogens is 457 g/mol. The number of fused-ring (bicyclic) bond motifs is 1. The number of nitrogens with zero attached hydrogens (tertiary/aromatic N) is 2. The Balaban J connectivity index is 1.54. The Hall–Kier alpha value is -2.61. The third-order valence-electron chi connectivity index (χ3n) is 5.83. The van der Waals surface area contributed by atoms with Crippen LogP contribution < -0.4 is 10.1 Å². The number of carbonyl (C=O) groups excluding carboxylic acids is 1. The fourth-order valence-corrected chi connectivity index (χ4v) is 4.40. The highest BCUT2D eigenvalue weighted by Gasteiger charge is 2.16. The molecule has 182 valence electrons. The minimum Gasteiger partial charge on any atom is -0.494 e. The van der Waals surface area contributed by atoms with Crippen molar-refractivity contribution in [3.8, 4) is 17.0 Å². The van der Waals surface area contributed by atoms with E-state index >= 15 is 0 Å². The van der Waals surface area contributed by atoms with Crippen molar-refractivity contribution in [2.45, 2.75) is 32.9 Å². The number of morpholine rings is 1. The fraction of sp³-hybridized carbons (Fsp3) is 0.423. The van der Waals surface area contributed by atoms with E-state index < -0.39 is 5.82 Å². The molecule has 6 nitrogen and oxygen atoms in total. The van der Waals surface area contributed by atoms with Crippen molar-refractivity contribution in [2.75, 3.05) is 39.5 Å². The molecule has 8 heteroatoms. The first kappa shape index (κ1) is 24.5. The molecule has 0 spiro atoms. The van der Waals surface area contributed by atoms with Gasteiger partial charge in [0.25, 0.3) is 0 Å². The first-order chi connectivity index (χ1) is 16.4. The number of amides is 1. The predicted octanol–water partition coefficient (Wildman–Crippen LogP) is 4.73. The molecule has 0 unspecified atom stereocenters. The smallest absolute Gasteiger partial charge is 0.240 e. The number of benzene rings is 2. The van der Waals surface area contributed by atoms with E-state index in [0.29, 0.717) is 6.61 Å². The molecule has 2 aromatic carbocycles. The van der Waals surface area contributed by atoms with Crippen LogP contribution in [-0.2, 0) is 16.1 Å². The maximum atomic E-state index is 13.8. The van der Waals surface area contributed by atoms with Gasteiger partial charge in [-0.1, -0.05) is 11.6 Å². The van der Waals surface area contributed by atoms with Crippen molar-refractivity contribution >= 4 is 28.4 Å². The highest BCUT2D eigenvalue weighted by molar-refractivity contribution is 6.31. The van der Waals surface area contributed by atoms with Crippen molar-refractivity contribution < 1.29 is 18.7 Å². The molecule has 1 N–H and O–H groups in total. The van der Waals surface area contributed by atoms with E-state index in [1.54, 1.807) is 12.1 Å². The molecule has 4 rings (SSSR count). The zero-order chi connectivity index (χ0) is 24.1. The third-order valence-corrected chi connectivity index (χ3v) is 6.12. The normalized spacial score (nSPS) is 14.6. The molecule has 1 fully saturated rings. The molecule has 3 aromatic rings. The minimum atomic E-state index is -0.474. The topological polar surface area (TPSA) is 55.7 Å². The second-order valence-electron chi connectivity index (χ2n) is 8.84. The zero-order valence-corrected chi connectivity index (χ0v) is 20.4. The summed E-state index contributed by atoms with van der Waals surface area (Å²) in [6, 6.07) is 12.5. The lowest BCUT2D eigenvalue weighted by atomic mass is 10.1. The lowest BCUT2D eigenvalue weighted by molar-refractivity contribution is -0.122. The summed E-state index contributed by atoms with van der Waals surface area (Å²) in [6.45, 7) is 9.15. The largest absolute Gasteiger partial charge is 0.494 e. The van der Waals surface area contributed by atoms with E-state index in [9.17, 15) is 9.18 Å². The summed E-state index contributed by atoms with van der Waals surface area (Å²) < 4.78 is 27.1. The lowest BCUT2D eigenvalue weighted by Crippen LogP contribution is -2.37. The van der Waals surface area contributed by atoms with Crippen molar-refractivity contribution in [1.82, 2.24) is 14.8 Å². The molecular formula is C26H31ClFN3O3. The highest BCUT2D eigenvalue weighted by atomic mass is 35.5. The van der Waals surface area contributed by atoms with Crippen LogP contribution in [0.25, 0.3) is 22.2 Å². The van der Waals surface area contributed by atoms with Gasteiger partial charge in [-0.2, -0.15) is 0 Å². The Morgan fingerprint density at radius 1 is 1.18 bits per heavy atom. The number of nitrogens with one attached hydrogen (secondary N) is 1. The summed E-state index contributed by atoms with van der Waals surface area (Å²) in [4.78, 5) is 15.0. The summed E-state index contributed by atoms with van der Waals surface area (Å²) in [5, 5.41) is 3.92. The molecule has 0 saturated carbocycles. The number of halogens is 2. The van der Waals surface area contributed by atoms with Crippen molar-refractivity contribution in [1.29, 1.82) is 0 Å². The van der Waals surface area contributed by atoms with E-state index in [2.05, 4.69) is 10.2 Å². The lowest BCUT2D eigenvalue weighted by Gasteiger charge is -2.26. The van der Waals surface area contributed by atoms with Gasteiger partial charge in [0.05, 0.1) is 24.8 Å². The molecule has 0 aliphatic carbocycles. The summed E-state index contributed by atoms with van der Waals surface area (Å²) in [7, 11) is 0. The van der Waals surface area contributed by atoms with Crippen LogP contribution in [0.15, 0.2) is 42.5 Å². The molecule has 1 aliphatic heterocycles. The van der Waals surface area contributed by atoms with Crippen LogP contribution in [0, 0.1) is 5.82 Å². The van der Waals surface area contributed by atoms with Gasteiger partial charge in [-0.05, 0) is 68.3 Å². The van der Waals surface area contributed by atoms with Gasteiger partial charge in [-0.15, -0.1) is 0 Å². The predicted molar refractivity (Wildman–Crippen MR) is 133 cm³/mol. The van der Waals surface area contributed by atoms with E-state index in [1.165, 1.54) is 6.07 Å². The number of hydrogen-bond donors (Lipinski definition) is 1. The van der Waals surface area contributed by atoms with E-state index in [4.69, 9.17) is 21.1 Å². The van der Waals surface area contributed by atoms with Crippen molar-refractivity contribution in [3.63, 3.8) is 0 Å². The van der Waals surface area contributed by atoms with Gasteiger partial charge >= 0.3 is 0 Å². The average molecular weight is 488 g/mol. The molecule has 0 bridgehead atoms. The summed E-state index contributed by atoms with van der Waals surface area (Å²) in [6.07, 6.45) is 0.938. The maximum absolute atomic E-state index is 13.8. The quantitative estimate of drug-likeness (QED) is 0.443. The Morgan fingerprint density at radius 2 is 1.97 bits per heavy atom.